The van der Waals surface area contributed by atoms with Crippen LogP contribution in [0.1, 0.15) is 30.7 Å². The number of nitrogens with zero attached hydrogens (tertiary/aromatic N) is 2. The van der Waals surface area contributed by atoms with Crippen molar-refractivity contribution >= 4 is 6.08 Å². The molecule has 1 fully saturated rings. The van der Waals surface area contributed by atoms with E-state index in [0.29, 0.717) is 5.92 Å². The van der Waals surface area contributed by atoms with Crippen molar-refractivity contribution in [3.05, 3.63) is 59.4 Å². The quantitative estimate of drug-likeness (QED) is 0.890. The predicted octanol–water partition coefficient (Wildman–Crippen LogP) is 3.19. The highest BCUT2D eigenvalue weighted by atomic mass is 16.5. The zero-order valence-corrected chi connectivity index (χ0v) is 13.9. The number of aryl methyl sites for hydroxylation is 1. The second-order valence-electron chi connectivity index (χ2n) is 6.25. The van der Waals surface area contributed by atoms with Crippen LogP contribution in [-0.2, 0) is 11.8 Å². The Bertz CT molecular complexity index is 648. The summed E-state index contributed by atoms with van der Waals surface area (Å²) in [5.41, 5.74) is 3.77. The summed E-state index contributed by atoms with van der Waals surface area (Å²) < 4.78 is 7.85. The molecular weight excluding hydrogens is 286 g/mol. The molecule has 0 amide bonds. The van der Waals surface area contributed by atoms with Gasteiger partial charge in [0, 0.05) is 38.9 Å². The number of ether oxygens (including phenoxy) is 1. The van der Waals surface area contributed by atoms with Gasteiger partial charge >= 0.3 is 0 Å². The molecule has 0 aliphatic carbocycles. The maximum atomic E-state index is 5.93. The first-order chi connectivity index (χ1) is 11.2. The lowest BCUT2D eigenvalue weighted by Gasteiger charge is -2.19. The zero-order valence-electron chi connectivity index (χ0n) is 13.9. The lowest BCUT2D eigenvalue weighted by atomic mass is 9.99. The van der Waals surface area contributed by atoms with Crippen molar-refractivity contribution in [1.29, 1.82) is 0 Å². The van der Waals surface area contributed by atoms with E-state index in [9.17, 15) is 0 Å². The molecule has 1 aromatic carbocycles. The molecule has 1 aliphatic rings. The molecule has 1 aliphatic heterocycles. The van der Waals surface area contributed by atoms with Gasteiger partial charge in [0.15, 0.2) is 0 Å². The fourth-order valence-corrected chi connectivity index (χ4v) is 3.17. The molecule has 0 saturated carbocycles. The average Bonchev–Trinajstić information content (AvgIpc) is 3.16. The van der Waals surface area contributed by atoms with E-state index in [4.69, 9.17) is 4.74 Å². The van der Waals surface area contributed by atoms with Crippen LogP contribution in [0.5, 0.6) is 0 Å². The normalized spacial score (nSPS) is 21.7. The summed E-state index contributed by atoms with van der Waals surface area (Å²) in [5, 5.41) is 7.84. The third-order valence-electron chi connectivity index (χ3n) is 4.39. The minimum absolute atomic E-state index is 0.161. The van der Waals surface area contributed by atoms with Crippen LogP contribution < -0.4 is 5.32 Å². The molecule has 2 heterocycles. The number of benzene rings is 1. The topological polar surface area (TPSA) is 39.1 Å². The summed E-state index contributed by atoms with van der Waals surface area (Å²) in [5.74, 6) is 0.509. The Morgan fingerprint density at radius 2 is 2.17 bits per heavy atom. The third kappa shape index (κ3) is 4.09. The highest BCUT2D eigenvalue weighted by Gasteiger charge is 2.31. The van der Waals surface area contributed by atoms with Crippen molar-refractivity contribution in [2.75, 3.05) is 19.7 Å². The van der Waals surface area contributed by atoms with Gasteiger partial charge in [-0.1, -0.05) is 42.0 Å². The summed E-state index contributed by atoms with van der Waals surface area (Å²) in [7, 11) is 1.98. The van der Waals surface area contributed by atoms with Crippen LogP contribution in [0.25, 0.3) is 6.08 Å². The predicted molar refractivity (Wildman–Crippen MR) is 93.0 cm³/mol. The van der Waals surface area contributed by atoms with Gasteiger partial charge in [0.25, 0.3) is 0 Å². The van der Waals surface area contributed by atoms with Crippen molar-refractivity contribution in [2.45, 2.75) is 19.4 Å². The standard InChI is InChI=1S/C19H25N3O/c1-15(12-16-6-4-3-5-7-16)13-20-14-17-9-11-23-19(17)18-8-10-21-22(18)2/h3-8,10,12,17,19-20H,9,11,13-14H2,1-2H3/b15-12+/t17-,19+/m0/s1. The van der Waals surface area contributed by atoms with Gasteiger partial charge in [-0.25, -0.2) is 0 Å². The lowest BCUT2D eigenvalue weighted by molar-refractivity contribution is 0.0840. The molecule has 0 spiro atoms. The Labute approximate surface area is 138 Å². The molecule has 0 unspecified atom stereocenters. The summed E-state index contributed by atoms with van der Waals surface area (Å²) in [4.78, 5) is 0. The van der Waals surface area contributed by atoms with Crippen LogP contribution in [0.3, 0.4) is 0 Å². The molecule has 1 aromatic heterocycles. The van der Waals surface area contributed by atoms with Crippen LogP contribution in [0.2, 0.25) is 0 Å². The van der Waals surface area contributed by atoms with Crippen molar-refractivity contribution in [3.8, 4) is 0 Å². The Hall–Kier alpha value is -1.91. The average molecular weight is 311 g/mol. The largest absolute Gasteiger partial charge is 0.372 e. The van der Waals surface area contributed by atoms with E-state index in [1.807, 2.05) is 24.0 Å². The molecule has 2 aromatic rings. The van der Waals surface area contributed by atoms with Gasteiger partial charge in [-0.15, -0.1) is 0 Å². The van der Waals surface area contributed by atoms with Crippen molar-refractivity contribution in [1.82, 2.24) is 15.1 Å². The highest BCUT2D eigenvalue weighted by molar-refractivity contribution is 5.52. The second-order valence-corrected chi connectivity index (χ2v) is 6.25. The summed E-state index contributed by atoms with van der Waals surface area (Å²) >= 11 is 0. The SMILES string of the molecule is C/C(=C\c1ccccc1)CNC[C@@H]1CCO[C@H]1c1ccnn1C. The monoisotopic (exact) mass is 311 g/mol. The van der Waals surface area contributed by atoms with E-state index < -0.39 is 0 Å². The maximum Gasteiger partial charge on any atom is 0.103 e. The van der Waals surface area contributed by atoms with Gasteiger partial charge in [0.2, 0.25) is 0 Å². The number of nitrogens with one attached hydrogen (secondary N) is 1. The minimum atomic E-state index is 0.161. The van der Waals surface area contributed by atoms with E-state index in [0.717, 1.165) is 26.1 Å². The third-order valence-corrected chi connectivity index (χ3v) is 4.39. The lowest BCUT2D eigenvalue weighted by Crippen LogP contribution is -2.27. The van der Waals surface area contributed by atoms with E-state index in [-0.39, 0.29) is 6.10 Å². The molecule has 3 rings (SSSR count). The second kappa shape index (κ2) is 7.57. The van der Waals surface area contributed by atoms with Crippen molar-refractivity contribution in [3.63, 3.8) is 0 Å². The highest BCUT2D eigenvalue weighted by Crippen LogP contribution is 2.33. The Morgan fingerprint density at radius 3 is 2.91 bits per heavy atom. The van der Waals surface area contributed by atoms with Crippen LogP contribution in [0.15, 0.2) is 48.2 Å². The molecule has 122 valence electrons. The maximum absolute atomic E-state index is 5.93. The molecule has 2 atom stereocenters. The van der Waals surface area contributed by atoms with E-state index in [1.54, 1.807) is 0 Å². The molecule has 4 nitrogen and oxygen atoms in total. The van der Waals surface area contributed by atoms with Crippen LogP contribution in [0, 0.1) is 5.92 Å². The molecule has 23 heavy (non-hydrogen) atoms. The van der Waals surface area contributed by atoms with E-state index in [1.165, 1.54) is 16.8 Å². The van der Waals surface area contributed by atoms with Gasteiger partial charge in [0.1, 0.15) is 6.10 Å². The van der Waals surface area contributed by atoms with Gasteiger partial charge in [0.05, 0.1) is 5.69 Å². The van der Waals surface area contributed by atoms with Crippen LogP contribution >= 0.6 is 0 Å². The summed E-state index contributed by atoms with van der Waals surface area (Å²) in [6.07, 6.45) is 5.34. The van der Waals surface area contributed by atoms with Crippen molar-refractivity contribution < 1.29 is 4.74 Å². The van der Waals surface area contributed by atoms with Gasteiger partial charge in [-0.2, -0.15) is 5.10 Å². The van der Waals surface area contributed by atoms with Gasteiger partial charge in [-0.3, -0.25) is 4.68 Å². The molecule has 0 radical (unpaired) electrons. The fourth-order valence-electron chi connectivity index (χ4n) is 3.17. The number of aromatic nitrogens is 2. The zero-order chi connectivity index (χ0) is 16.1. The first-order valence-corrected chi connectivity index (χ1v) is 8.26. The van der Waals surface area contributed by atoms with Crippen LogP contribution in [-0.4, -0.2) is 29.5 Å². The van der Waals surface area contributed by atoms with Gasteiger partial charge < -0.3 is 10.1 Å². The minimum Gasteiger partial charge on any atom is -0.372 e. The van der Waals surface area contributed by atoms with Crippen LogP contribution in [0.4, 0.5) is 0 Å². The Kier molecular flexibility index (Phi) is 5.26. The molecule has 1 N–H and O–H groups in total. The van der Waals surface area contributed by atoms with Gasteiger partial charge in [-0.05, 0) is 25.0 Å². The number of hydrogen-bond acceptors (Lipinski definition) is 3. The fraction of sp³-hybridized carbons (Fsp3) is 0.421. The summed E-state index contributed by atoms with van der Waals surface area (Å²) in [6.45, 7) is 4.88. The first kappa shape index (κ1) is 16.0. The number of rotatable bonds is 6. The Morgan fingerprint density at radius 1 is 1.35 bits per heavy atom. The van der Waals surface area contributed by atoms with E-state index >= 15 is 0 Å². The van der Waals surface area contributed by atoms with Crippen molar-refractivity contribution in [2.24, 2.45) is 13.0 Å². The smallest absolute Gasteiger partial charge is 0.103 e. The number of hydrogen-bond donors (Lipinski definition) is 1. The molecular formula is C19H25N3O. The molecule has 1 saturated heterocycles. The molecule has 0 bridgehead atoms. The molecule has 4 heteroatoms. The first-order valence-electron chi connectivity index (χ1n) is 8.26. The van der Waals surface area contributed by atoms with E-state index in [2.05, 4.69) is 53.7 Å². The summed E-state index contributed by atoms with van der Waals surface area (Å²) in [6, 6.07) is 12.5. The Balaban J connectivity index is 1.52.